The highest BCUT2D eigenvalue weighted by atomic mass is 79.9. The van der Waals surface area contributed by atoms with E-state index in [1.807, 2.05) is 43.0 Å². The molecule has 1 atom stereocenters. The molecule has 1 aliphatic rings. The molecule has 3 heterocycles. The number of pyridine rings is 2. The van der Waals surface area contributed by atoms with Crippen LogP contribution in [0.15, 0.2) is 41.0 Å². The Kier molecular flexibility index (Phi) is 5.54. The van der Waals surface area contributed by atoms with Crippen molar-refractivity contribution in [3.63, 3.8) is 0 Å². The van der Waals surface area contributed by atoms with Crippen molar-refractivity contribution < 1.29 is 4.79 Å². The molecule has 1 amide bonds. The van der Waals surface area contributed by atoms with E-state index in [1.54, 1.807) is 6.20 Å². The number of benzene rings is 1. The first-order valence-electron chi connectivity index (χ1n) is 10.0. The van der Waals surface area contributed by atoms with Crippen LogP contribution in [0.2, 0.25) is 0 Å². The number of carbonyl (C=O) groups excluding carboxylic acids is 1. The number of hydrogen-bond acceptors (Lipinski definition) is 4. The van der Waals surface area contributed by atoms with Gasteiger partial charge in [0.05, 0.1) is 11.3 Å². The lowest BCUT2D eigenvalue weighted by Crippen LogP contribution is -2.42. The van der Waals surface area contributed by atoms with Gasteiger partial charge in [-0.05, 0) is 75.9 Å². The van der Waals surface area contributed by atoms with E-state index >= 15 is 0 Å². The summed E-state index contributed by atoms with van der Waals surface area (Å²) in [5.41, 5.74) is 4.97. The minimum absolute atomic E-state index is 0.0310. The minimum atomic E-state index is 0.0310. The molecule has 1 fully saturated rings. The molecule has 6 heteroatoms. The van der Waals surface area contributed by atoms with Gasteiger partial charge in [-0.1, -0.05) is 15.9 Å². The van der Waals surface area contributed by atoms with Crippen molar-refractivity contribution in [2.24, 2.45) is 0 Å². The molecule has 5 nitrogen and oxygen atoms in total. The zero-order valence-corrected chi connectivity index (χ0v) is 18.6. The van der Waals surface area contributed by atoms with Crippen LogP contribution in [0.25, 0.3) is 11.0 Å². The Bertz CT molecular complexity index is 1080. The number of fused-ring (bicyclic) bond motifs is 1. The Morgan fingerprint density at radius 2 is 2.03 bits per heavy atom. The zero-order chi connectivity index (χ0) is 20.5. The lowest BCUT2D eigenvalue weighted by atomic mass is 10.0. The highest BCUT2D eigenvalue weighted by Gasteiger charge is 2.27. The summed E-state index contributed by atoms with van der Waals surface area (Å²) in [7, 11) is 0. The fourth-order valence-corrected chi connectivity index (χ4v) is 4.14. The number of halogens is 1. The van der Waals surface area contributed by atoms with Crippen LogP contribution in [0.3, 0.4) is 0 Å². The van der Waals surface area contributed by atoms with E-state index in [0.29, 0.717) is 11.2 Å². The highest BCUT2D eigenvalue weighted by Crippen LogP contribution is 2.32. The smallest absolute Gasteiger partial charge is 0.257 e. The van der Waals surface area contributed by atoms with Gasteiger partial charge < -0.3 is 10.2 Å². The Balaban J connectivity index is 1.82. The van der Waals surface area contributed by atoms with E-state index in [0.717, 1.165) is 51.9 Å². The van der Waals surface area contributed by atoms with E-state index in [1.165, 1.54) is 6.42 Å². The van der Waals surface area contributed by atoms with E-state index in [9.17, 15) is 4.79 Å². The van der Waals surface area contributed by atoms with Gasteiger partial charge in [0.1, 0.15) is 0 Å². The topological polar surface area (TPSA) is 58.1 Å². The molecule has 0 saturated carbocycles. The third-order valence-corrected chi connectivity index (χ3v) is 6.48. The van der Waals surface area contributed by atoms with Crippen LogP contribution in [0.1, 0.15) is 47.8 Å². The van der Waals surface area contributed by atoms with Crippen molar-refractivity contribution in [1.29, 1.82) is 0 Å². The monoisotopic (exact) mass is 452 g/mol. The van der Waals surface area contributed by atoms with Crippen molar-refractivity contribution in [2.75, 3.05) is 11.9 Å². The summed E-state index contributed by atoms with van der Waals surface area (Å²) in [6.45, 7) is 6.91. The number of nitrogens with zero attached hydrogens (tertiary/aromatic N) is 3. The predicted octanol–water partition coefficient (Wildman–Crippen LogP) is 5.77. The molecule has 0 aliphatic carbocycles. The average molecular weight is 453 g/mol. The van der Waals surface area contributed by atoms with Gasteiger partial charge >= 0.3 is 0 Å². The lowest BCUT2D eigenvalue weighted by Gasteiger charge is -2.34. The van der Waals surface area contributed by atoms with Gasteiger partial charge in [-0.2, -0.15) is 0 Å². The maximum atomic E-state index is 13.5. The molecule has 1 aliphatic heterocycles. The minimum Gasteiger partial charge on any atom is -0.354 e. The molecule has 1 unspecified atom stereocenters. The summed E-state index contributed by atoms with van der Waals surface area (Å²) < 4.78 is 1.05. The Morgan fingerprint density at radius 3 is 2.79 bits per heavy atom. The van der Waals surface area contributed by atoms with E-state index in [4.69, 9.17) is 0 Å². The van der Waals surface area contributed by atoms with Crippen LogP contribution in [0.5, 0.6) is 0 Å². The first kappa shape index (κ1) is 19.8. The van der Waals surface area contributed by atoms with Gasteiger partial charge in [-0.3, -0.25) is 4.79 Å². The molecule has 0 bridgehead atoms. The third kappa shape index (κ3) is 3.99. The van der Waals surface area contributed by atoms with Crippen molar-refractivity contribution in [3.8, 4) is 0 Å². The van der Waals surface area contributed by atoms with E-state index in [-0.39, 0.29) is 11.9 Å². The van der Waals surface area contributed by atoms with Crippen LogP contribution in [0.4, 0.5) is 11.4 Å². The highest BCUT2D eigenvalue weighted by molar-refractivity contribution is 9.10. The zero-order valence-electron chi connectivity index (χ0n) is 17.0. The van der Waals surface area contributed by atoms with Gasteiger partial charge in [0, 0.05) is 40.0 Å². The molecule has 1 N–H and O–H groups in total. The molecule has 4 rings (SSSR count). The SMILES string of the molecule is Cc1ccc2c(Nc3ccc(Br)c(C)c3)c(C(=O)N3CCCCC3C)cnc2n1. The quantitative estimate of drug-likeness (QED) is 0.547. The fourth-order valence-electron chi connectivity index (χ4n) is 3.89. The van der Waals surface area contributed by atoms with Crippen molar-refractivity contribution in [1.82, 2.24) is 14.9 Å². The fraction of sp³-hybridized carbons (Fsp3) is 0.348. The molecular formula is C23H25BrN4O. The van der Waals surface area contributed by atoms with Crippen LogP contribution < -0.4 is 5.32 Å². The number of aromatic nitrogens is 2. The Hall–Kier alpha value is -2.47. The number of rotatable bonds is 3. The molecule has 29 heavy (non-hydrogen) atoms. The first-order valence-corrected chi connectivity index (χ1v) is 10.8. The molecular weight excluding hydrogens is 428 g/mol. The number of hydrogen-bond donors (Lipinski definition) is 1. The number of likely N-dealkylation sites (tertiary alicyclic amines) is 1. The molecule has 0 spiro atoms. The summed E-state index contributed by atoms with van der Waals surface area (Å²) in [5, 5.41) is 4.34. The summed E-state index contributed by atoms with van der Waals surface area (Å²) in [6.07, 6.45) is 4.94. The summed E-state index contributed by atoms with van der Waals surface area (Å²) in [6, 6.07) is 10.3. The second kappa shape index (κ2) is 8.11. The summed E-state index contributed by atoms with van der Waals surface area (Å²) >= 11 is 3.55. The predicted molar refractivity (Wildman–Crippen MR) is 121 cm³/mol. The average Bonchev–Trinajstić information content (AvgIpc) is 2.70. The second-order valence-electron chi connectivity index (χ2n) is 7.80. The number of amides is 1. The Labute approximate surface area is 179 Å². The number of piperidine rings is 1. The maximum absolute atomic E-state index is 13.5. The first-order chi connectivity index (χ1) is 13.9. The lowest BCUT2D eigenvalue weighted by molar-refractivity contribution is 0.0636. The van der Waals surface area contributed by atoms with E-state index in [2.05, 4.69) is 44.2 Å². The number of aryl methyl sites for hydroxylation is 2. The van der Waals surface area contributed by atoms with E-state index < -0.39 is 0 Å². The maximum Gasteiger partial charge on any atom is 0.257 e. The van der Waals surface area contributed by atoms with Gasteiger partial charge in [-0.25, -0.2) is 9.97 Å². The number of anilines is 2. The van der Waals surface area contributed by atoms with Crippen LogP contribution in [0, 0.1) is 13.8 Å². The summed E-state index contributed by atoms with van der Waals surface area (Å²) in [5.74, 6) is 0.0310. The number of carbonyl (C=O) groups is 1. The van der Waals surface area contributed by atoms with Crippen LogP contribution in [-0.2, 0) is 0 Å². The molecule has 2 aromatic heterocycles. The molecule has 1 saturated heterocycles. The van der Waals surface area contributed by atoms with Gasteiger partial charge in [0.25, 0.3) is 5.91 Å². The van der Waals surface area contributed by atoms with Crippen LogP contribution in [-0.4, -0.2) is 33.4 Å². The Morgan fingerprint density at radius 1 is 1.21 bits per heavy atom. The van der Waals surface area contributed by atoms with Crippen molar-refractivity contribution in [2.45, 2.75) is 46.1 Å². The third-order valence-electron chi connectivity index (χ3n) is 5.59. The van der Waals surface area contributed by atoms with Crippen LogP contribution >= 0.6 is 15.9 Å². The molecule has 3 aromatic rings. The van der Waals surface area contributed by atoms with Gasteiger partial charge in [0.15, 0.2) is 5.65 Å². The van der Waals surface area contributed by atoms with Gasteiger partial charge in [0.2, 0.25) is 0 Å². The van der Waals surface area contributed by atoms with Crippen molar-refractivity contribution >= 4 is 44.2 Å². The van der Waals surface area contributed by atoms with Crippen molar-refractivity contribution in [3.05, 3.63) is 57.8 Å². The number of nitrogens with one attached hydrogen (secondary N) is 1. The normalized spacial score (nSPS) is 16.8. The van der Waals surface area contributed by atoms with Gasteiger partial charge in [-0.15, -0.1) is 0 Å². The molecule has 1 aromatic carbocycles. The largest absolute Gasteiger partial charge is 0.354 e. The molecule has 150 valence electrons. The second-order valence-corrected chi connectivity index (χ2v) is 8.66. The summed E-state index contributed by atoms with van der Waals surface area (Å²) in [4.78, 5) is 24.5. The molecule has 0 radical (unpaired) electrons. The standard InChI is InChI=1S/C23H25BrN4O/c1-14-12-17(8-10-20(14)24)27-21-18-9-7-15(2)26-22(18)25-13-19(21)23(29)28-11-5-4-6-16(28)3/h7-10,12-13,16H,4-6,11H2,1-3H3,(H,25,26,27).